The summed E-state index contributed by atoms with van der Waals surface area (Å²) in [5.74, 6) is 0. The minimum Gasteiger partial charge on any atom is -0.378 e. The maximum atomic E-state index is 9.35. The summed E-state index contributed by atoms with van der Waals surface area (Å²) in [6.45, 7) is 8.11. The molecular weight excluding hydrogens is 424 g/mol. The number of rotatable bonds is 4. The van der Waals surface area contributed by atoms with Crippen LogP contribution in [-0.4, -0.2) is 62.6 Å². The molecule has 7 nitrogen and oxygen atoms in total. The number of hydrogen-bond donors (Lipinski definition) is 2. The molecule has 3 heterocycles. The standard InChI is InChI=1S/C27H32N6O/c1-19-14-32(26-7-4-20(13-29)11-21(26)3-2-8-28)17-27-25-6-5-24(12-22(25)15-33(19)27)31-9-10-34-18-23(30)16-31/h2-8,11-12,19,23,27-28H,9-10,14-18,30H2,1H3/b3-2-,28-8?/t19-,23?,27-/m1/s1. The van der Waals surface area contributed by atoms with Gasteiger partial charge in [-0.1, -0.05) is 12.1 Å². The van der Waals surface area contributed by atoms with Crippen LogP contribution in [0.5, 0.6) is 0 Å². The molecule has 0 amide bonds. The van der Waals surface area contributed by atoms with E-state index in [2.05, 4.69) is 45.9 Å². The second kappa shape index (κ2) is 9.59. The lowest BCUT2D eigenvalue weighted by Crippen LogP contribution is -2.51. The van der Waals surface area contributed by atoms with Crippen LogP contribution in [0.4, 0.5) is 11.4 Å². The highest BCUT2D eigenvalue weighted by Gasteiger charge is 2.39. The third-order valence-corrected chi connectivity index (χ3v) is 7.21. The molecule has 176 valence electrons. The SMILES string of the molecule is C[C@@H]1CN(c2ccc(C#N)cc2/C=C\C=N)C[C@@H]2c3ccc(N4CCOCC(N)C4)cc3CN12. The zero-order valence-electron chi connectivity index (χ0n) is 19.7. The number of benzene rings is 2. The number of nitrogens with two attached hydrogens (primary N) is 1. The van der Waals surface area contributed by atoms with E-state index in [1.54, 1.807) is 6.08 Å². The monoisotopic (exact) mass is 456 g/mol. The van der Waals surface area contributed by atoms with Gasteiger partial charge in [0.25, 0.3) is 0 Å². The van der Waals surface area contributed by atoms with Crippen molar-refractivity contribution in [3.63, 3.8) is 0 Å². The molecule has 0 aromatic heterocycles. The minimum absolute atomic E-state index is 0.0407. The summed E-state index contributed by atoms with van der Waals surface area (Å²) in [4.78, 5) is 7.40. The Morgan fingerprint density at radius 1 is 1.15 bits per heavy atom. The molecular formula is C27H32N6O. The van der Waals surface area contributed by atoms with Crippen molar-refractivity contribution in [1.82, 2.24) is 4.90 Å². The Balaban J connectivity index is 1.42. The van der Waals surface area contributed by atoms with Gasteiger partial charge < -0.3 is 25.7 Å². The van der Waals surface area contributed by atoms with Gasteiger partial charge >= 0.3 is 0 Å². The molecule has 3 atom stereocenters. The minimum atomic E-state index is 0.0407. The Morgan fingerprint density at radius 2 is 2.03 bits per heavy atom. The Kier molecular flexibility index (Phi) is 6.38. The lowest BCUT2D eigenvalue weighted by Gasteiger charge is -2.44. The summed E-state index contributed by atoms with van der Waals surface area (Å²) >= 11 is 0. The Labute approximate surface area is 201 Å². The highest BCUT2D eigenvalue weighted by Crippen LogP contribution is 2.41. The Bertz CT molecular complexity index is 1140. The maximum Gasteiger partial charge on any atom is 0.0991 e. The molecule has 7 heteroatoms. The van der Waals surface area contributed by atoms with Crippen LogP contribution in [0.25, 0.3) is 6.08 Å². The van der Waals surface area contributed by atoms with Crippen molar-refractivity contribution in [2.24, 2.45) is 5.73 Å². The molecule has 2 saturated heterocycles. The summed E-state index contributed by atoms with van der Waals surface area (Å²) in [7, 11) is 0. The number of piperazine rings is 1. The summed E-state index contributed by atoms with van der Waals surface area (Å²) in [6, 6.07) is 15.7. The van der Waals surface area contributed by atoms with Gasteiger partial charge in [-0.3, -0.25) is 4.90 Å². The third kappa shape index (κ3) is 4.32. The summed E-state index contributed by atoms with van der Waals surface area (Å²) in [5, 5.41) is 16.7. The van der Waals surface area contributed by atoms with Crippen LogP contribution in [0.1, 0.15) is 35.2 Å². The van der Waals surface area contributed by atoms with E-state index in [0.29, 0.717) is 30.9 Å². The van der Waals surface area contributed by atoms with Gasteiger partial charge in [0.05, 0.1) is 30.9 Å². The van der Waals surface area contributed by atoms with Crippen molar-refractivity contribution in [2.45, 2.75) is 31.6 Å². The average molecular weight is 457 g/mol. The van der Waals surface area contributed by atoms with Gasteiger partial charge in [-0.15, -0.1) is 0 Å². The van der Waals surface area contributed by atoms with Crippen LogP contribution in [0.15, 0.2) is 42.5 Å². The number of hydrogen-bond acceptors (Lipinski definition) is 7. The number of fused-ring (bicyclic) bond motifs is 3. The van der Waals surface area contributed by atoms with Crippen molar-refractivity contribution >= 4 is 23.7 Å². The maximum absolute atomic E-state index is 9.35. The largest absolute Gasteiger partial charge is 0.378 e. The molecule has 1 unspecified atom stereocenters. The molecule has 5 rings (SSSR count). The first-order chi connectivity index (χ1) is 16.6. The van der Waals surface area contributed by atoms with E-state index in [1.807, 2.05) is 24.3 Å². The lowest BCUT2D eigenvalue weighted by molar-refractivity contribution is 0.134. The first-order valence-corrected chi connectivity index (χ1v) is 12.0. The van der Waals surface area contributed by atoms with Crippen LogP contribution < -0.4 is 15.5 Å². The molecule has 3 aliphatic rings. The van der Waals surface area contributed by atoms with Crippen LogP contribution in [-0.2, 0) is 11.3 Å². The molecule has 2 aromatic carbocycles. The lowest BCUT2D eigenvalue weighted by atomic mass is 9.99. The Hall–Kier alpha value is -3.18. The predicted octanol–water partition coefficient (Wildman–Crippen LogP) is 3.15. The van der Waals surface area contributed by atoms with E-state index in [1.165, 1.54) is 23.0 Å². The van der Waals surface area contributed by atoms with Gasteiger partial charge in [-0.05, 0) is 60.0 Å². The van der Waals surface area contributed by atoms with Gasteiger partial charge in [0.15, 0.2) is 0 Å². The molecule has 0 radical (unpaired) electrons. The second-order valence-electron chi connectivity index (χ2n) is 9.52. The highest BCUT2D eigenvalue weighted by molar-refractivity contribution is 5.80. The van der Waals surface area contributed by atoms with Gasteiger partial charge in [0, 0.05) is 62.4 Å². The number of anilines is 2. The number of allylic oxidation sites excluding steroid dienone is 1. The van der Waals surface area contributed by atoms with Crippen molar-refractivity contribution < 1.29 is 4.74 Å². The highest BCUT2D eigenvalue weighted by atomic mass is 16.5. The van der Waals surface area contributed by atoms with E-state index < -0.39 is 0 Å². The molecule has 0 spiro atoms. The molecule has 0 aliphatic carbocycles. The number of nitrogens with zero attached hydrogens (tertiary/aromatic N) is 4. The van der Waals surface area contributed by atoms with Gasteiger partial charge in [0.1, 0.15) is 0 Å². The summed E-state index contributed by atoms with van der Waals surface area (Å²) in [5.41, 5.74) is 13.0. The second-order valence-corrected chi connectivity index (χ2v) is 9.52. The molecule has 2 fully saturated rings. The predicted molar refractivity (Wildman–Crippen MR) is 136 cm³/mol. The number of ether oxygens (including phenoxy) is 1. The smallest absolute Gasteiger partial charge is 0.0991 e. The van der Waals surface area contributed by atoms with Gasteiger partial charge in [-0.2, -0.15) is 5.26 Å². The van der Waals surface area contributed by atoms with E-state index in [4.69, 9.17) is 15.9 Å². The van der Waals surface area contributed by atoms with E-state index in [0.717, 1.165) is 44.0 Å². The van der Waals surface area contributed by atoms with Crippen molar-refractivity contribution in [1.29, 1.82) is 10.7 Å². The third-order valence-electron chi connectivity index (χ3n) is 7.21. The topological polar surface area (TPSA) is 92.6 Å². The van der Waals surface area contributed by atoms with Crippen molar-refractivity contribution in [3.8, 4) is 6.07 Å². The molecule has 0 saturated carbocycles. The van der Waals surface area contributed by atoms with E-state index in [9.17, 15) is 5.26 Å². The summed E-state index contributed by atoms with van der Waals surface area (Å²) < 4.78 is 5.63. The fraction of sp³-hybridized carbons (Fsp3) is 0.407. The molecule has 3 N–H and O–H groups in total. The van der Waals surface area contributed by atoms with Crippen LogP contribution in [0.3, 0.4) is 0 Å². The fourth-order valence-corrected chi connectivity index (χ4v) is 5.57. The molecule has 3 aliphatic heterocycles. The van der Waals surface area contributed by atoms with Gasteiger partial charge in [-0.25, -0.2) is 0 Å². The average Bonchev–Trinajstić information content (AvgIpc) is 3.08. The van der Waals surface area contributed by atoms with Crippen molar-refractivity contribution in [3.05, 3.63) is 64.7 Å². The Morgan fingerprint density at radius 3 is 2.85 bits per heavy atom. The zero-order chi connectivity index (χ0) is 23.7. The van der Waals surface area contributed by atoms with Crippen LogP contribution in [0, 0.1) is 16.7 Å². The molecule has 0 bridgehead atoms. The first kappa shape index (κ1) is 22.6. The number of nitrogens with one attached hydrogen (secondary N) is 1. The van der Waals surface area contributed by atoms with Crippen molar-refractivity contribution in [2.75, 3.05) is 49.2 Å². The van der Waals surface area contributed by atoms with Crippen LogP contribution >= 0.6 is 0 Å². The zero-order valence-corrected chi connectivity index (χ0v) is 19.7. The van der Waals surface area contributed by atoms with Gasteiger partial charge in [0.2, 0.25) is 0 Å². The quantitative estimate of drug-likeness (QED) is 0.687. The summed E-state index contributed by atoms with van der Waals surface area (Å²) in [6.07, 6.45) is 4.91. The molecule has 2 aromatic rings. The van der Waals surface area contributed by atoms with E-state index in [-0.39, 0.29) is 6.04 Å². The fourth-order valence-electron chi connectivity index (χ4n) is 5.57. The molecule has 34 heavy (non-hydrogen) atoms. The van der Waals surface area contributed by atoms with Crippen LogP contribution in [0.2, 0.25) is 0 Å². The first-order valence-electron chi connectivity index (χ1n) is 12.0. The number of nitriles is 1. The normalized spacial score (nSPS) is 25.0. The van der Waals surface area contributed by atoms with E-state index >= 15 is 0 Å².